The maximum Gasteiger partial charge on any atom is 0.154 e. The van der Waals surface area contributed by atoms with Crippen LogP contribution in [0.25, 0.3) is 11.0 Å². The van der Waals surface area contributed by atoms with Gasteiger partial charge in [0.2, 0.25) is 0 Å². The summed E-state index contributed by atoms with van der Waals surface area (Å²) in [5.74, 6) is 0.0875. The summed E-state index contributed by atoms with van der Waals surface area (Å²) in [7, 11) is 0. The number of hydrogen-bond donors (Lipinski definition) is 0. The molecule has 0 bridgehead atoms. The number of Topliss-reactive ketones (excluding diaryl/α,β-unsaturated/α-hetero) is 1. The average Bonchev–Trinajstić information content (AvgIpc) is 2.89. The highest BCUT2D eigenvalue weighted by Crippen LogP contribution is 2.20. The molecule has 0 saturated heterocycles. The molecule has 3 rings (SSSR count). The van der Waals surface area contributed by atoms with E-state index in [1.165, 1.54) is 0 Å². The first-order valence-corrected chi connectivity index (χ1v) is 6.60. The molecule has 0 aliphatic rings. The van der Waals surface area contributed by atoms with Crippen molar-refractivity contribution in [1.29, 1.82) is 0 Å². The van der Waals surface area contributed by atoms with E-state index in [4.69, 9.17) is 0 Å². The van der Waals surface area contributed by atoms with Crippen LogP contribution in [0.4, 0.5) is 0 Å². The third-order valence-electron chi connectivity index (χ3n) is 3.41. The molecule has 0 spiro atoms. The molecule has 1 heterocycles. The van der Waals surface area contributed by atoms with Gasteiger partial charge in [0.05, 0.1) is 5.52 Å². The van der Waals surface area contributed by atoms with Crippen molar-refractivity contribution in [3.63, 3.8) is 0 Å². The number of ketones is 1. The highest BCUT2D eigenvalue weighted by atomic mass is 16.1. The predicted octanol–water partition coefficient (Wildman–Crippen LogP) is 2.80. The van der Waals surface area contributed by atoms with Crippen LogP contribution < -0.4 is 0 Å². The molecule has 0 aliphatic heterocycles. The SMILES string of the molecule is CC(=O)C(Cc1ccccc1)n1nnc2ccccc21. The molecule has 0 aliphatic carbocycles. The fourth-order valence-electron chi connectivity index (χ4n) is 2.36. The van der Waals surface area contributed by atoms with Crippen LogP contribution in [-0.2, 0) is 11.2 Å². The molecule has 0 amide bonds. The summed E-state index contributed by atoms with van der Waals surface area (Å²) >= 11 is 0. The molecular formula is C16H15N3O. The van der Waals surface area contributed by atoms with Crippen LogP contribution >= 0.6 is 0 Å². The van der Waals surface area contributed by atoms with E-state index in [-0.39, 0.29) is 11.8 Å². The molecule has 100 valence electrons. The molecule has 2 aromatic carbocycles. The van der Waals surface area contributed by atoms with E-state index in [9.17, 15) is 4.79 Å². The van der Waals surface area contributed by atoms with Crippen molar-refractivity contribution in [2.45, 2.75) is 19.4 Å². The third kappa shape index (κ3) is 2.32. The van der Waals surface area contributed by atoms with Crippen molar-refractivity contribution in [2.24, 2.45) is 0 Å². The quantitative estimate of drug-likeness (QED) is 0.728. The topological polar surface area (TPSA) is 47.8 Å². The van der Waals surface area contributed by atoms with Crippen molar-refractivity contribution >= 4 is 16.8 Å². The van der Waals surface area contributed by atoms with Crippen molar-refractivity contribution in [2.75, 3.05) is 0 Å². The highest BCUT2D eigenvalue weighted by molar-refractivity contribution is 5.83. The van der Waals surface area contributed by atoms with Gasteiger partial charge in [-0.25, -0.2) is 4.68 Å². The minimum absolute atomic E-state index is 0.0875. The van der Waals surface area contributed by atoms with E-state index in [1.54, 1.807) is 11.6 Å². The largest absolute Gasteiger partial charge is 0.298 e. The van der Waals surface area contributed by atoms with E-state index < -0.39 is 0 Å². The summed E-state index contributed by atoms with van der Waals surface area (Å²) in [4.78, 5) is 12.0. The number of rotatable bonds is 4. The van der Waals surface area contributed by atoms with E-state index in [0.717, 1.165) is 16.6 Å². The zero-order chi connectivity index (χ0) is 13.9. The number of para-hydroxylation sites is 1. The predicted molar refractivity (Wildman–Crippen MR) is 77.4 cm³/mol. The van der Waals surface area contributed by atoms with E-state index >= 15 is 0 Å². The Labute approximate surface area is 117 Å². The molecule has 0 saturated carbocycles. The van der Waals surface area contributed by atoms with Crippen LogP contribution in [0.2, 0.25) is 0 Å². The van der Waals surface area contributed by atoms with Crippen LogP contribution in [0.1, 0.15) is 18.5 Å². The number of carbonyl (C=O) groups is 1. The van der Waals surface area contributed by atoms with Gasteiger partial charge in [0, 0.05) is 6.42 Å². The number of aromatic nitrogens is 3. The zero-order valence-electron chi connectivity index (χ0n) is 11.2. The van der Waals surface area contributed by atoms with E-state index in [2.05, 4.69) is 10.3 Å². The molecule has 20 heavy (non-hydrogen) atoms. The molecule has 4 nitrogen and oxygen atoms in total. The van der Waals surface area contributed by atoms with Gasteiger partial charge in [-0.1, -0.05) is 47.7 Å². The Bertz CT molecular complexity index is 734. The lowest BCUT2D eigenvalue weighted by Crippen LogP contribution is -2.20. The molecular weight excluding hydrogens is 250 g/mol. The maximum absolute atomic E-state index is 12.0. The number of hydrogen-bond acceptors (Lipinski definition) is 3. The minimum Gasteiger partial charge on any atom is -0.298 e. The van der Waals surface area contributed by atoms with Gasteiger partial charge >= 0.3 is 0 Å². The Morgan fingerprint density at radius 3 is 2.55 bits per heavy atom. The Morgan fingerprint density at radius 1 is 1.10 bits per heavy atom. The van der Waals surface area contributed by atoms with E-state index in [1.807, 2.05) is 54.6 Å². The van der Waals surface area contributed by atoms with Crippen LogP contribution in [0.3, 0.4) is 0 Å². The molecule has 3 aromatic rings. The normalized spacial score (nSPS) is 12.4. The third-order valence-corrected chi connectivity index (χ3v) is 3.41. The Hall–Kier alpha value is -2.49. The van der Waals surface area contributed by atoms with Crippen molar-refractivity contribution in [3.05, 3.63) is 60.2 Å². The summed E-state index contributed by atoms with van der Waals surface area (Å²) in [5.41, 5.74) is 2.82. The van der Waals surface area contributed by atoms with Crippen molar-refractivity contribution in [1.82, 2.24) is 15.0 Å². The minimum atomic E-state index is -0.315. The first-order valence-electron chi connectivity index (χ1n) is 6.60. The summed E-state index contributed by atoms with van der Waals surface area (Å²) in [6.07, 6.45) is 0.628. The number of nitrogens with zero attached hydrogens (tertiary/aromatic N) is 3. The van der Waals surface area contributed by atoms with Crippen LogP contribution in [0, 0.1) is 0 Å². The molecule has 0 fully saturated rings. The standard InChI is InChI=1S/C16H15N3O/c1-12(20)16(11-13-7-3-2-4-8-13)19-15-10-6-5-9-14(15)17-18-19/h2-10,16H,11H2,1H3. The lowest BCUT2D eigenvalue weighted by molar-refractivity contribution is -0.120. The van der Waals surface area contributed by atoms with Crippen LogP contribution in [0.5, 0.6) is 0 Å². The van der Waals surface area contributed by atoms with Gasteiger partial charge in [-0.3, -0.25) is 4.79 Å². The van der Waals surface area contributed by atoms with Gasteiger partial charge < -0.3 is 0 Å². The van der Waals surface area contributed by atoms with Crippen molar-refractivity contribution in [3.8, 4) is 0 Å². The fraction of sp³-hybridized carbons (Fsp3) is 0.188. The Balaban J connectivity index is 2.01. The highest BCUT2D eigenvalue weighted by Gasteiger charge is 2.20. The monoisotopic (exact) mass is 265 g/mol. The lowest BCUT2D eigenvalue weighted by Gasteiger charge is -2.14. The smallest absolute Gasteiger partial charge is 0.154 e. The average molecular weight is 265 g/mol. The molecule has 1 atom stereocenters. The van der Waals surface area contributed by atoms with Gasteiger partial charge in [-0.05, 0) is 24.6 Å². The van der Waals surface area contributed by atoms with Gasteiger partial charge in [-0.15, -0.1) is 5.10 Å². The first kappa shape index (κ1) is 12.5. The zero-order valence-corrected chi connectivity index (χ0v) is 11.2. The van der Waals surface area contributed by atoms with Gasteiger partial charge in [0.15, 0.2) is 5.78 Å². The van der Waals surface area contributed by atoms with E-state index in [0.29, 0.717) is 6.42 Å². The maximum atomic E-state index is 12.0. The summed E-state index contributed by atoms with van der Waals surface area (Å²) < 4.78 is 1.73. The lowest BCUT2D eigenvalue weighted by atomic mass is 10.0. The molecule has 0 N–H and O–H groups in total. The Morgan fingerprint density at radius 2 is 1.80 bits per heavy atom. The second-order valence-electron chi connectivity index (χ2n) is 4.84. The first-order chi connectivity index (χ1) is 9.75. The number of fused-ring (bicyclic) bond motifs is 1. The summed E-state index contributed by atoms with van der Waals surface area (Å²) in [6.45, 7) is 1.60. The fourth-order valence-corrected chi connectivity index (χ4v) is 2.36. The Kier molecular flexibility index (Phi) is 3.29. The van der Waals surface area contributed by atoms with Gasteiger partial charge in [-0.2, -0.15) is 0 Å². The van der Waals surface area contributed by atoms with Crippen LogP contribution in [0.15, 0.2) is 54.6 Å². The summed E-state index contributed by atoms with van der Waals surface area (Å²) in [6, 6.07) is 17.3. The number of carbonyl (C=O) groups excluding carboxylic acids is 1. The number of benzene rings is 2. The molecule has 1 aromatic heterocycles. The molecule has 0 radical (unpaired) electrons. The van der Waals surface area contributed by atoms with Crippen LogP contribution in [-0.4, -0.2) is 20.8 Å². The summed E-state index contributed by atoms with van der Waals surface area (Å²) in [5, 5.41) is 8.28. The van der Waals surface area contributed by atoms with Gasteiger partial charge in [0.25, 0.3) is 0 Å². The second-order valence-corrected chi connectivity index (χ2v) is 4.84. The second kappa shape index (κ2) is 5.25. The van der Waals surface area contributed by atoms with Crippen molar-refractivity contribution < 1.29 is 4.79 Å². The molecule has 1 unspecified atom stereocenters. The molecule has 4 heteroatoms. The van der Waals surface area contributed by atoms with Gasteiger partial charge in [0.1, 0.15) is 11.6 Å².